The monoisotopic (exact) mass is 1300 g/mol. The molecule has 0 saturated carbocycles. The minimum Gasteiger partial charge on any atom is -0.347 e. The number of aryl methyl sites for hydroxylation is 2. The number of carbonyl (C=O) groups excluding carboxylic acids is 9. The van der Waals surface area contributed by atoms with Crippen molar-refractivity contribution in [2.24, 2.45) is 5.41 Å². The topological polar surface area (TPSA) is 260 Å². The maximum absolute atomic E-state index is 15.6. The highest BCUT2D eigenvalue weighted by atomic mass is 32.2. The molecule has 5 aromatic rings. The molecular weight excluding hydrogens is 1210 g/mol. The number of benzene rings is 5. The van der Waals surface area contributed by atoms with Crippen LogP contribution in [0.1, 0.15) is 152 Å². The molecule has 2 aliphatic carbocycles. The van der Waals surface area contributed by atoms with Crippen LogP contribution in [0.2, 0.25) is 0 Å². The minimum absolute atomic E-state index is 0.00376. The summed E-state index contributed by atoms with van der Waals surface area (Å²) < 4.78 is 12.9. The van der Waals surface area contributed by atoms with E-state index in [0.717, 1.165) is 59.9 Å². The highest BCUT2D eigenvalue weighted by Gasteiger charge is 2.48. The standard InChI is InChI=1S/C72H90FN11O9S/c1-42(74-8)63(86)80-61(71(3,4)5)69(92)84-40-53(37-59(84)68(91)79-57-27-17-22-46-20-12-14-25-55(46)57)77-66(89)48-30-28-47(29-31-48)65(88)76-52-33-32-49-36-58(67(90)78-56-26-16-21-45-19-11-13-24-54(45)56)83(39-50(49)35-52)70(93)62(81-64(87)43(2)75-9)72(6,7)94-41-60(85)82(10)38-44-18-15-23-51(73)34-44/h11-15,18-20,23-25,28-35,42-43,53,56-59,61-62,74-75H,16-17,21-22,26-27,36-41H2,1-10H3,(H,76,88)(H,77,89)(H,78,90)(H,79,91)(H,80,86)(H,81,87)/t42-,43-,53-,56+,57+,58-,59-,61+,62+/m0/s1. The zero-order chi connectivity index (χ0) is 67.8. The summed E-state index contributed by atoms with van der Waals surface area (Å²) in [5, 5.41) is 24.2. The maximum atomic E-state index is 15.6. The Kier molecular flexibility index (Phi) is 22.5. The lowest BCUT2D eigenvalue weighted by atomic mass is 9.85. The van der Waals surface area contributed by atoms with Crippen LogP contribution in [-0.4, -0.2) is 148 Å². The Morgan fingerprint density at radius 3 is 1.74 bits per heavy atom. The van der Waals surface area contributed by atoms with Gasteiger partial charge in [-0.1, -0.05) is 87.5 Å². The fraction of sp³-hybridized carbons (Fsp3) is 0.458. The van der Waals surface area contributed by atoms with E-state index >= 15 is 4.79 Å². The van der Waals surface area contributed by atoms with Crippen LogP contribution in [0.4, 0.5) is 10.1 Å². The molecule has 1 saturated heterocycles. The van der Waals surface area contributed by atoms with E-state index in [1.807, 2.05) is 63.2 Å². The van der Waals surface area contributed by atoms with Crippen LogP contribution in [0.3, 0.4) is 0 Å². The first kappa shape index (κ1) is 69.9. The second-order valence-corrected chi connectivity index (χ2v) is 28.6. The third-order valence-electron chi connectivity index (χ3n) is 18.8. The second kappa shape index (κ2) is 30.3. The maximum Gasteiger partial charge on any atom is 0.255 e. The Morgan fingerprint density at radius 1 is 0.617 bits per heavy atom. The average molecular weight is 1300 g/mol. The van der Waals surface area contributed by atoms with E-state index in [-0.39, 0.29) is 85.1 Å². The SMILES string of the molecule is CN[C@@H](C)C(=O)N[C@H](C(=O)N1C[C@@H](NC(=O)c2ccc(C(=O)Nc3ccc4c(c3)CN(C(=O)[C@@H](NC(=O)[C@H](C)NC)C(C)(C)SCC(=O)N(C)Cc3cccc(F)c3)[C@H](C(=O)N[C@@H]3CCCc5ccccc53)C4)cc2)C[C@H]1C(=O)N[C@@H]1CCCc2ccccc21)C(C)(C)C. The van der Waals surface area contributed by atoms with Gasteiger partial charge in [-0.15, -0.1) is 11.8 Å². The van der Waals surface area contributed by atoms with E-state index in [2.05, 4.69) is 54.7 Å². The molecule has 94 heavy (non-hydrogen) atoms. The summed E-state index contributed by atoms with van der Waals surface area (Å²) in [6.07, 6.45) is 5.14. The molecule has 0 radical (unpaired) electrons. The van der Waals surface area contributed by atoms with E-state index < -0.39 is 87.8 Å². The van der Waals surface area contributed by atoms with E-state index in [0.29, 0.717) is 23.2 Å². The number of thioether (sulfide) groups is 1. The van der Waals surface area contributed by atoms with Crippen molar-refractivity contribution < 1.29 is 47.5 Å². The Bertz CT molecular complexity index is 3650. The summed E-state index contributed by atoms with van der Waals surface area (Å²) in [7, 11) is 4.89. The van der Waals surface area contributed by atoms with Crippen LogP contribution in [0.15, 0.2) is 115 Å². The number of nitrogens with zero attached hydrogens (tertiary/aromatic N) is 3. The first-order valence-corrected chi connectivity index (χ1v) is 33.5. The summed E-state index contributed by atoms with van der Waals surface area (Å²) in [5.74, 6) is -4.36. The lowest BCUT2D eigenvalue weighted by Crippen LogP contribution is -2.63. The van der Waals surface area contributed by atoms with Gasteiger partial charge < -0.3 is 57.2 Å². The lowest BCUT2D eigenvalue weighted by molar-refractivity contribution is -0.145. The van der Waals surface area contributed by atoms with Crippen molar-refractivity contribution in [2.75, 3.05) is 38.8 Å². The fourth-order valence-corrected chi connectivity index (χ4v) is 13.9. The molecule has 0 aromatic heterocycles. The number of anilines is 1. The molecular formula is C72H90FN11O9S. The van der Waals surface area contributed by atoms with Crippen LogP contribution >= 0.6 is 11.8 Å². The average Bonchev–Trinajstić information content (AvgIpc) is 0.980. The highest BCUT2D eigenvalue weighted by Crippen LogP contribution is 2.37. The molecule has 8 N–H and O–H groups in total. The van der Waals surface area contributed by atoms with Crippen molar-refractivity contribution >= 4 is 70.6 Å². The van der Waals surface area contributed by atoms with Gasteiger partial charge >= 0.3 is 0 Å². The molecule has 20 nitrogen and oxygen atoms in total. The van der Waals surface area contributed by atoms with Crippen LogP contribution in [0, 0.1) is 11.2 Å². The molecule has 22 heteroatoms. The van der Waals surface area contributed by atoms with Gasteiger partial charge in [-0.25, -0.2) is 4.39 Å². The zero-order valence-electron chi connectivity index (χ0n) is 55.5. The van der Waals surface area contributed by atoms with Crippen LogP contribution < -0.4 is 42.5 Å². The van der Waals surface area contributed by atoms with Gasteiger partial charge in [0.15, 0.2) is 0 Å². The van der Waals surface area contributed by atoms with Crippen molar-refractivity contribution in [3.05, 3.63) is 171 Å². The molecule has 9 amide bonds. The largest absolute Gasteiger partial charge is 0.347 e. The summed E-state index contributed by atoms with van der Waals surface area (Å²) >= 11 is 1.18. The van der Waals surface area contributed by atoms with E-state index in [1.165, 1.54) is 62.9 Å². The highest BCUT2D eigenvalue weighted by molar-refractivity contribution is 8.01. The Morgan fingerprint density at radius 2 is 1.17 bits per heavy atom. The molecule has 2 heterocycles. The molecule has 4 aliphatic rings. The number of nitrogens with one attached hydrogen (secondary N) is 8. The van der Waals surface area contributed by atoms with Crippen molar-refractivity contribution in [1.29, 1.82) is 0 Å². The molecule has 2 aliphatic heterocycles. The first-order chi connectivity index (χ1) is 44.7. The van der Waals surface area contributed by atoms with Gasteiger partial charge in [0, 0.05) is 60.7 Å². The van der Waals surface area contributed by atoms with Crippen LogP contribution in [0.5, 0.6) is 0 Å². The number of hydrogen-bond acceptors (Lipinski definition) is 12. The number of rotatable bonds is 22. The van der Waals surface area contributed by atoms with Crippen LogP contribution in [-0.2, 0) is 65.9 Å². The number of carbonyl (C=O) groups is 9. The van der Waals surface area contributed by atoms with Gasteiger partial charge in [0.25, 0.3) is 11.8 Å². The molecule has 0 spiro atoms. The fourth-order valence-electron chi connectivity index (χ4n) is 12.9. The molecule has 9 rings (SSSR count). The number of hydrogen-bond donors (Lipinski definition) is 8. The number of likely N-dealkylation sites (N-methyl/N-ethyl adjacent to an activating group) is 2. The third-order valence-corrected chi connectivity index (χ3v) is 20.1. The van der Waals surface area contributed by atoms with E-state index in [4.69, 9.17) is 0 Å². The minimum atomic E-state index is -1.26. The van der Waals surface area contributed by atoms with Crippen LogP contribution in [0.25, 0.3) is 0 Å². The molecule has 0 bridgehead atoms. The van der Waals surface area contributed by atoms with Gasteiger partial charge in [0.05, 0.1) is 29.9 Å². The Hall–Kier alpha value is -8.47. The normalized spacial score (nSPS) is 19.7. The Labute approximate surface area is 554 Å². The smallest absolute Gasteiger partial charge is 0.255 e. The summed E-state index contributed by atoms with van der Waals surface area (Å²) in [6, 6.07) is 26.5. The van der Waals surface area contributed by atoms with Gasteiger partial charge in [0.1, 0.15) is 30.0 Å². The molecule has 500 valence electrons. The third kappa shape index (κ3) is 16.7. The quantitative estimate of drug-likeness (QED) is 0.0355. The predicted octanol–water partition coefficient (Wildman–Crippen LogP) is 6.82. The van der Waals surface area contributed by atoms with Gasteiger partial charge in [-0.3, -0.25) is 43.2 Å². The number of likely N-dealkylation sites (tertiary alicyclic amines) is 1. The summed E-state index contributed by atoms with van der Waals surface area (Å²) in [5.41, 5.74) is 6.45. The number of fused-ring (bicyclic) bond motifs is 3. The predicted molar refractivity (Wildman–Crippen MR) is 361 cm³/mol. The lowest BCUT2D eigenvalue weighted by Gasteiger charge is -2.42. The molecule has 1 fully saturated rings. The van der Waals surface area contributed by atoms with E-state index in [9.17, 15) is 42.7 Å². The molecule has 5 aromatic carbocycles. The zero-order valence-corrected chi connectivity index (χ0v) is 56.3. The van der Waals surface area contributed by atoms with Gasteiger partial charge in [-0.05, 0) is 180 Å². The first-order valence-electron chi connectivity index (χ1n) is 32.5. The van der Waals surface area contributed by atoms with Crippen molar-refractivity contribution in [1.82, 2.24) is 51.9 Å². The number of amides is 9. The summed E-state index contributed by atoms with van der Waals surface area (Å²) in [6.45, 7) is 12.5. The van der Waals surface area contributed by atoms with Crippen molar-refractivity contribution in [3.8, 4) is 0 Å². The van der Waals surface area contributed by atoms with E-state index in [1.54, 1.807) is 73.1 Å². The van der Waals surface area contributed by atoms with Crippen molar-refractivity contribution in [3.63, 3.8) is 0 Å². The second-order valence-electron chi connectivity index (χ2n) is 27.0. The molecule has 9 atom stereocenters. The Balaban J connectivity index is 0.920. The summed E-state index contributed by atoms with van der Waals surface area (Å²) in [4.78, 5) is 133. The van der Waals surface area contributed by atoms with Crippen molar-refractivity contribution in [2.45, 2.75) is 172 Å². The van der Waals surface area contributed by atoms with Gasteiger partial charge in [0.2, 0.25) is 41.4 Å². The molecule has 0 unspecified atom stereocenters. The number of halogens is 1. The van der Waals surface area contributed by atoms with Gasteiger partial charge in [-0.2, -0.15) is 0 Å².